The number of benzene rings is 1. The normalized spacial score (nSPS) is 12.3. The van der Waals surface area contributed by atoms with Crippen LogP contribution in [0.4, 0.5) is 0 Å². The van der Waals surface area contributed by atoms with Gasteiger partial charge in [-0.25, -0.2) is 0 Å². The van der Waals surface area contributed by atoms with Crippen molar-refractivity contribution in [3.63, 3.8) is 0 Å². The third-order valence-corrected chi connectivity index (χ3v) is 3.42. The fourth-order valence-electron chi connectivity index (χ4n) is 2.27. The van der Waals surface area contributed by atoms with Crippen molar-refractivity contribution in [1.82, 2.24) is 4.90 Å². The van der Waals surface area contributed by atoms with Gasteiger partial charge in [0.05, 0.1) is 19.3 Å². The topological polar surface area (TPSA) is 55.8 Å². The molecule has 0 heterocycles. The number of esters is 2. The van der Waals surface area contributed by atoms with Crippen LogP contribution in [-0.2, 0) is 19.1 Å². The zero-order chi connectivity index (χ0) is 16.7. The van der Waals surface area contributed by atoms with E-state index < -0.39 is 23.9 Å². The van der Waals surface area contributed by atoms with Crippen molar-refractivity contribution in [2.45, 2.75) is 19.9 Å². The first-order valence-corrected chi connectivity index (χ1v) is 7.55. The van der Waals surface area contributed by atoms with Gasteiger partial charge in [0.25, 0.3) is 0 Å². The molecule has 5 nitrogen and oxygen atoms in total. The number of halogens is 1. The number of carbonyl (C=O) groups is 2. The van der Waals surface area contributed by atoms with Gasteiger partial charge in [-0.15, -0.1) is 0 Å². The van der Waals surface area contributed by atoms with Crippen molar-refractivity contribution in [1.29, 1.82) is 0 Å². The van der Waals surface area contributed by atoms with E-state index in [1.807, 2.05) is 0 Å². The molecule has 0 spiro atoms. The second-order valence-corrected chi connectivity index (χ2v) is 5.38. The van der Waals surface area contributed by atoms with Gasteiger partial charge in [-0.05, 0) is 45.6 Å². The number of hydrogen-bond acceptors (Lipinski definition) is 5. The van der Waals surface area contributed by atoms with Crippen LogP contribution in [-0.4, -0.2) is 44.1 Å². The molecule has 0 amide bonds. The first-order valence-electron chi connectivity index (χ1n) is 7.17. The van der Waals surface area contributed by atoms with Gasteiger partial charge in [0.1, 0.15) is 0 Å². The Balaban J connectivity index is 3.22. The Hall–Kier alpha value is -1.59. The molecular formula is C16H22ClNO4. The van der Waals surface area contributed by atoms with Gasteiger partial charge < -0.3 is 14.4 Å². The summed E-state index contributed by atoms with van der Waals surface area (Å²) in [5.74, 6) is -2.22. The van der Waals surface area contributed by atoms with E-state index in [2.05, 4.69) is 0 Å². The second kappa shape index (κ2) is 8.76. The van der Waals surface area contributed by atoms with Crippen LogP contribution in [0.2, 0.25) is 5.02 Å². The van der Waals surface area contributed by atoms with Crippen LogP contribution in [0, 0.1) is 5.92 Å². The lowest BCUT2D eigenvalue weighted by atomic mass is 9.92. The zero-order valence-corrected chi connectivity index (χ0v) is 14.1. The summed E-state index contributed by atoms with van der Waals surface area (Å²) in [4.78, 5) is 26.3. The Bertz CT molecular complexity index is 483. The van der Waals surface area contributed by atoms with E-state index in [4.69, 9.17) is 21.1 Å². The highest BCUT2D eigenvalue weighted by molar-refractivity contribution is 6.30. The fourth-order valence-corrected chi connectivity index (χ4v) is 2.39. The summed E-state index contributed by atoms with van der Waals surface area (Å²) in [6, 6.07) is 6.54. The van der Waals surface area contributed by atoms with E-state index in [0.717, 1.165) is 5.56 Å². The lowest BCUT2D eigenvalue weighted by molar-refractivity contribution is -0.165. The van der Waals surface area contributed by atoms with E-state index in [9.17, 15) is 9.59 Å². The summed E-state index contributed by atoms with van der Waals surface area (Å²) < 4.78 is 10.1. The molecular weight excluding hydrogens is 306 g/mol. The summed E-state index contributed by atoms with van der Waals surface area (Å²) in [6.07, 6.45) is 0. The maximum Gasteiger partial charge on any atom is 0.322 e. The Morgan fingerprint density at radius 2 is 1.50 bits per heavy atom. The first-order chi connectivity index (χ1) is 10.4. The Kier molecular flexibility index (Phi) is 7.35. The Labute approximate surface area is 136 Å². The third-order valence-electron chi connectivity index (χ3n) is 3.16. The molecule has 1 atom stereocenters. The number of nitrogens with zero attached hydrogens (tertiary/aromatic N) is 1. The molecule has 122 valence electrons. The van der Waals surface area contributed by atoms with Gasteiger partial charge >= 0.3 is 11.9 Å². The van der Waals surface area contributed by atoms with Crippen LogP contribution in [0.25, 0.3) is 0 Å². The molecule has 1 aromatic carbocycles. The molecule has 0 saturated carbocycles. The van der Waals surface area contributed by atoms with E-state index in [1.165, 1.54) is 0 Å². The third kappa shape index (κ3) is 4.71. The highest BCUT2D eigenvalue weighted by atomic mass is 35.5. The van der Waals surface area contributed by atoms with E-state index in [1.54, 1.807) is 57.1 Å². The van der Waals surface area contributed by atoms with Crippen molar-refractivity contribution in [3.8, 4) is 0 Å². The van der Waals surface area contributed by atoms with Gasteiger partial charge in [-0.1, -0.05) is 23.7 Å². The molecule has 0 aliphatic rings. The number of rotatable bonds is 7. The molecule has 0 N–H and O–H groups in total. The fraction of sp³-hybridized carbons (Fsp3) is 0.500. The van der Waals surface area contributed by atoms with Crippen LogP contribution in [0.1, 0.15) is 25.5 Å². The van der Waals surface area contributed by atoms with Gasteiger partial charge in [-0.2, -0.15) is 0 Å². The van der Waals surface area contributed by atoms with Gasteiger partial charge in [0.15, 0.2) is 5.92 Å². The molecule has 6 heteroatoms. The van der Waals surface area contributed by atoms with Gasteiger partial charge in [-0.3, -0.25) is 9.59 Å². The molecule has 0 radical (unpaired) electrons. The van der Waals surface area contributed by atoms with Crippen molar-refractivity contribution >= 4 is 23.5 Å². The van der Waals surface area contributed by atoms with Crippen molar-refractivity contribution in [3.05, 3.63) is 34.9 Å². The van der Waals surface area contributed by atoms with E-state index >= 15 is 0 Å². The summed E-state index contributed by atoms with van der Waals surface area (Å²) in [5.41, 5.74) is 0.792. The molecule has 22 heavy (non-hydrogen) atoms. The molecule has 0 fully saturated rings. The van der Waals surface area contributed by atoms with Crippen molar-refractivity contribution in [2.75, 3.05) is 27.3 Å². The van der Waals surface area contributed by atoms with Crippen LogP contribution >= 0.6 is 11.6 Å². The highest BCUT2D eigenvalue weighted by Crippen LogP contribution is 2.30. The van der Waals surface area contributed by atoms with Crippen molar-refractivity contribution < 1.29 is 19.1 Å². The average Bonchev–Trinajstić information content (AvgIpc) is 2.45. The Morgan fingerprint density at radius 3 is 1.86 bits per heavy atom. The molecule has 1 aromatic rings. The molecule has 0 aliphatic heterocycles. The quantitative estimate of drug-likeness (QED) is 0.569. The molecule has 0 saturated heterocycles. The zero-order valence-electron chi connectivity index (χ0n) is 13.3. The van der Waals surface area contributed by atoms with Crippen LogP contribution in [0.15, 0.2) is 24.3 Å². The minimum atomic E-state index is -1.05. The largest absolute Gasteiger partial charge is 0.465 e. The molecule has 0 aromatic heterocycles. The second-order valence-electron chi connectivity index (χ2n) is 4.94. The number of ether oxygens (including phenoxy) is 2. The summed E-state index contributed by atoms with van der Waals surface area (Å²) >= 11 is 5.90. The summed E-state index contributed by atoms with van der Waals surface area (Å²) in [7, 11) is 3.59. The maximum absolute atomic E-state index is 12.3. The van der Waals surface area contributed by atoms with E-state index in [-0.39, 0.29) is 13.2 Å². The maximum atomic E-state index is 12.3. The predicted molar refractivity (Wildman–Crippen MR) is 84.6 cm³/mol. The Morgan fingerprint density at radius 1 is 1.05 bits per heavy atom. The predicted octanol–water partition coefficient (Wildman–Crippen LogP) is 2.69. The summed E-state index contributed by atoms with van der Waals surface area (Å²) in [6.45, 7) is 3.81. The molecule has 0 bridgehead atoms. The van der Waals surface area contributed by atoms with Crippen LogP contribution in [0.5, 0.6) is 0 Å². The molecule has 0 aliphatic carbocycles. The average molecular weight is 328 g/mol. The van der Waals surface area contributed by atoms with Crippen molar-refractivity contribution in [2.24, 2.45) is 5.92 Å². The lowest BCUT2D eigenvalue weighted by Crippen LogP contribution is -2.39. The number of hydrogen-bond donors (Lipinski definition) is 0. The van der Waals surface area contributed by atoms with Gasteiger partial charge in [0.2, 0.25) is 0 Å². The highest BCUT2D eigenvalue weighted by Gasteiger charge is 2.39. The lowest BCUT2D eigenvalue weighted by Gasteiger charge is -2.30. The van der Waals surface area contributed by atoms with Gasteiger partial charge in [0, 0.05) is 5.02 Å². The standard InChI is InChI=1S/C16H22ClNO4/c1-5-21-15(19)13(16(20)22-6-2)14(18(3)4)11-7-9-12(17)10-8-11/h7-10,13-14H,5-6H2,1-4H3/t14-/m0/s1. The number of carbonyl (C=O) groups excluding carboxylic acids is 2. The van der Waals surface area contributed by atoms with E-state index in [0.29, 0.717) is 5.02 Å². The molecule has 1 rings (SSSR count). The molecule has 0 unspecified atom stereocenters. The minimum Gasteiger partial charge on any atom is -0.465 e. The van der Waals surface area contributed by atoms with Crippen LogP contribution in [0.3, 0.4) is 0 Å². The monoisotopic (exact) mass is 327 g/mol. The first kappa shape index (κ1) is 18.5. The minimum absolute atomic E-state index is 0.204. The summed E-state index contributed by atoms with van der Waals surface area (Å²) in [5, 5.41) is 0.588. The van der Waals surface area contributed by atoms with Crippen LogP contribution < -0.4 is 0 Å². The smallest absolute Gasteiger partial charge is 0.322 e. The SMILES string of the molecule is CCOC(=O)C(C(=O)OCC)[C@H](c1ccc(Cl)cc1)N(C)C.